The molecule has 1 fully saturated rings. The molecule has 1 saturated carbocycles. The highest BCUT2D eigenvalue weighted by molar-refractivity contribution is 6.75. The molecule has 0 heterocycles. The molecule has 0 N–H and O–H groups in total. The molecule has 0 aromatic heterocycles. The van der Waals surface area contributed by atoms with Crippen molar-refractivity contribution in [3.63, 3.8) is 0 Å². The van der Waals surface area contributed by atoms with Gasteiger partial charge in [0.25, 0.3) is 0 Å². The molecule has 0 bridgehead atoms. The molecule has 1 unspecified atom stereocenters. The highest BCUT2D eigenvalue weighted by atomic mass is 28.4. The molecular weight excluding hydrogens is 742 g/mol. The summed E-state index contributed by atoms with van der Waals surface area (Å²) in [5.74, 6) is 0.0528. The summed E-state index contributed by atoms with van der Waals surface area (Å²) >= 11 is 0. The van der Waals surface area contributed by atoms with Crippen LogP contribution in [0.3, 0.4) is 0 Å². The molecule has 310 valence electrons. The van der Waals surface area contributed by atoms with Crippen molar-refractivity contribution in [2.24, 2.45) is 11.8 Å². The second-order valence-electron chi connectivity index (χ2n) is 19.6. The normalized spacial score (nSPS) is 21.6. The van der Waals surface area contributed by atoms with Gasteiger partial charge in [0.1, 0.15) is 12.4 Å². The van der Waals surface area contributed by atoms with Crippen LogP contribution in [0.1, 0.15) is 100.0 Å². The lowest BCUT2D eigenvalue weighted by Gasteiger charge is -2.40. The van der Waals surface area contributed by atoms with Crippen LogP contribution in [-0.2, 0) is 29.0 Å². The first-order valence-electron chi connectivity index (χ1n) is 19.7. The maximum atomic E-state index is 13.5. The second-order valence-corrected chi connectivity index (χ2v) is 33.9. The van der Waals surface area contributed by atoms with E-state index >= 15 is 0 Å². The van der Waals surface area contributed by atoms with E-state index in [0.29, 0.717) is 6.42 Å². The number of benzene rings is 1. The van der Waals surface area contributed by atoms with Crippen molar-refractivity contribution in [2.45, 2.75) is 173 Å². The van der Waals surface area contributed by atoms with E-state index in [2.05, 4.69) is 126 Å². The third kappa shape index (κ3) is 14.0. The van der Waals surface area contributed by atoms with Crippen molar-refractivity contribution in [1.82, 2.24) is 0 Å². The highest BCUT2D eigenvalue weighted by Crippen LogP contribution is 2.48. The van der Waals surface area contributed by atoms with Gasteiger partial charge in [-0.25, -0.2) is 0 Å². The molecule has 0 saturated heterocycles. The number of hydrogen-bond donors (Lipinski definition) is 0. The first-order valence-corrected chi connectivity index (χ1v) is 28.4. The lowest BCUT2D eigenvalue weighted by Crippen LogP contribution is -2.45. The van der Waals surface area contributed by atoms with Gasteiger partial charge in [-0.2, -0.15) is 13.2 Å². The number of ether oxygens (including phenoxy) is 2. The Balaban J connectivity index is 2.62. The Hall–Kier alpha value is -1.71. The Morgan fingerprint density at radius 3 is 1.91 bits per heavy atom. The number of esters is 1. The summed E-state index contributed by atoms with van der Waals surface area (Å²) < 4.78 is 72.9. The Kier molecular flexibility index (Phi) is 16.8. The lowest BCUT2D eigenvalue weighted by atomic mass is 9.89. The van der Waals surface area contributed by atoms with Crippen molar-refractivity contribution >= 4 is 30.9 Å². The fourth-order valence-electron chi connectivity index (χ4n) is 5.75. The number of rotatable bonds is 17. The molecule has 5 atom stereocenters. The SMILES string of the molecule is COC(=O)CCC/C=C/CC1[C@@H](O[Si](C)(C)C(C)(C)C)C[C@@H](O[Si](C)(C)C(C)(C)C)[C@@H]1/C=C/[C@H](COc1cccc(C(F)(F)F)c1)O[Si](C)(C)C(C)(C)C. The van der Waals surface area contributed by atoms with E-state index in [1.807, 2.05) is 0 Å². The summed E-state index contributed by atoms with van der Waals surface area (Å²) in [5, 5.41) is -0.0742. The summed E-state index contributed by atoms with van der Waals surface area (Å²) in [4.78, 5) is 11.7. The van der Waals surface area contributed by atoms with Gasteiger partial charge in [0.05, 0.1) is 31.0 Å². The number of methoxy groups -OCH3 is 1. The number of unbranched alkanes of at least 4 members (excludes halogenated alkanes) is 1. The van der Waals surface area contributed by atoms with Crippen molar-refractivity contribution in [2.75, 3.05) is 13.7 Å². The molecule has 0 amide bonds. The number of allylic oxidation sites excluding steroid dienone is 2. The molecule has 1 aromatic rings. The Labute approximate surface area is 329 Å². The third-order valence-corrected chi connectivity index (χ3v) is 25.8. The van der Waals surface area contributed by atoms with Gasteiger partial charge in [0, 0.05) is 12.3 Å². The van der Waals surface area contributed by atoms with Crippen LogP contribution in [0.15, 0.2) is 48.6 Å². The van der Waals surface area contributed by atoms with Gasteiger partial charge in [0.15, 0.2) is 25.0 Å². The van der Waals surface area contributed by atoms with E-state index in [-0.39, 0.29) is 57.5 Å². The molecule has 1 aromatic carbocycles. The Bertz CT molecular complexity index is 1400. The smallest absolute Gasteiger partial charge is 0.416 e. The van der Waals surface area contributed by atoms with Crippen molar-refractivity contribution in [1.29, 1.82) is 0 Å². The molecule has 0 radical (unpaired) electrons. The molecule has 1 aliphatic carbocycles. The first-order chi connectivity index (χ1) is 24.4. The van der Waals surface area contributed by atoms with Crippen LogP contribution in [0.4, 0.5) is 13.2 Å². The van der Waals surface area contributed by atoms with Gasteiger partial charge < -0.3 is 22.8 Å². The van der Waals surface area contributed by atoms with E-state index in [9.17, 15) is 18.0 Å². The zero-order valence-electron chi connectivity index (χ0n) is 36.3. The summed E-state index contributed by atoms with van der Waals surface area (Å²) in [6.07, 6.45) is 7.01. The summed E-state index contributed by atoms with van der Waals surface area (Å²) in [6, 6.07) is 5.02. The van der Waals surface area contributed by atoms with Crippen molar-refractivity contribution in [3.8, 4) is 5.75 Å². The van der Waals surface area contributed by atoms with Crippen LogP contribution in [0.25, 0.3) is 0 Å². The number of halogens is 3. The molecular formula is C42H73F3O6Si3. The molecule has 54 heavy (non-hydrogen) atoms. The zero-order chi connectivity index (χ0) is 41.6. The van der Waals surface area contributed by atoms with Gasteiger partial charge in [-0.15, -0.1) is 0 Å². The monoisotopic (exact) mass is 814 g/mol. The average molecular weight is 815 g/mol. The fraction of sp³-hybridized carbons (Fsp3) is 0.738. The Morgan fingerprint density at radius 2 is 1.39 bits per heavy atom. The summed E-state index contributed by atoms with van der Waals surface area (Å²) in [6.45, 7) is 33.7. The van der Waals surface area contributed by atoms with Gasteiger partial charge in [-0.05, 0) is 104 Å². The largest absolute Gasteiger partial charge is 0.491 e. The average Bonchev–Trinajstić information content (AvgIpc) is 3.31. The predicted octanol–water partition coefficient (Wildman–Crippen LogP) is 12.7. The Morgan fingerprint density at radius 1 is 0.833 bits per heavy atom. The summed E-state index contributed by atoms with van der Waals surface area (Å²) in [5.41, 5.74) is -0.747. The van der Waals surface area contributed by atoms with Gasteiger partial charge in [-0.1, -0.05) is 92.7 Å². The molecule has 0 aliphatic heterocycles. The first kappa shape index (κ1) is 48.4. The van der Waals surface area contributed by atoms with E-state index in [0.717, 1.165) is 37.8 Å². The number of carbonyl (C=O) groups excluding carboxylic acids is 1. The van der Waals surface area contributed by atoms with E-state index in [4.69, 9.17) is 22.8 Å². The minimum atomic E-state index is -4.47. The molecule has 6 nitrogen and oxygen atoms in total. The van der Waals surface area contributed by atoms with Crippen LogP contribution in [0.2, 0.25) is 54.4 Å². The number of carbonyl (C=O) groups is 1. The zero-order valence-corrected chi connectivity index (χ0v) is 39.3. The van der Waals surface area contributed by atoms with Crippen molar-refractivity contribution in [3.05, 3.63) is 54.1 Å². The lowest BCUT2D eigenvalue weighted by molar-refractivity contribution is -0.140. The molecule has 2 rings (SSSR count). The second kappa shape index (κ2) is 18.7. The van der Waals surface area contributed by atoms with E-state index < -0.39 is 42.8 Å². The van der Waals surface area contributed by atoms with Crippen LogP contribution >= 0.6 is 0 Å². The van der Waals surface area contributed by atoms with Crippen LogP contribution in [0.5, 0.6) is 5.75 Å². The predicted molar refractivity (Wildman–Crippen MR) is 224 cm³/mol. The quantitative estimate of drug-likeness (QED) is 0.0675. The molecule has 0 spiro atoms. The number of hydrogen-bond acceptors (Lipinski definition) is 6. The topological polar surface area (TPSA) is 63.2 Å². The van der Waals surface area contributed by atoms with Crippen LogP contribution in [-0.4, -0.2) is 63.0 Å². The highest BCUT2D eigenvalue weighted by Gasteiger charge is 2.50. The van der Waals surface area contributed by atoms with E-state index in [1.165, 1.54) is 13.2 Å². The number of alkyl halides is 3. The van der Waals surface area contributed by atoms with Gasteiger partial charge >= 0.3 is 12.1 Å². The van der Waals surface area contributed by atoms with E-state index in [1.54, 1.807) is 6.07 Å². The van der Waals surface area contributed by atoms with Gasteiger partial charge in [-0.3, -0.25) is 4.79 Å². The summed E-state index contributed by atoms with van der Waals surface area (Å²) in [7, 11) is -5.30. The molecule has 1 aliphatic rings. The standard InChI is InChI=1S/C42H73F3O6Si3/c1-39(2,3)52(11,12)49-33(30-48-32-23-21-22-31(28-32)42(43,44)45)26-27-35-34(24-19-17-18-20-25-38(46)47-10)36(50-53(13,14)40(4,5)6)29-37(35)51-54(15,16)41(7,8)9/h17,19,21-23,26-28,33-37H,18,20,24-25,29-30H2,1-16H3/b19-17+,27-26+/t33-,34?,35-,36+,37-/m1/s1. The van der Waals surface area contributed by atoms with Crippen molar-refractivity contribution < 1.29 is 40.7 Å². The third-order valence-electron chi connectivity index (χ3n) is 12.3. The molecule has 12 heteroatoms. The fourth-order valence-corrected chi connectivity index (χ4v) is 9.75. The van der Waals surface area contributed by atoms with Gasteiger partial charge in [0.2, 0.25) is 0 Å². The van der Waals surface area contributed by atoms with Crippen LogP contribution < -0.4 is 4.74 Å². The maximum absolute atomic E-state index is 13.5. The van der Waals surface area contributed by atoms with Crippen LogP contribution in [0, 0.1) is 11.8 Å². The minimum absolute atomic E-state index is 0.00144. The maximum Gasteiger partial charge on any atom is 0.416 e. The minimum Gasteiger partial charge on any atom is -0.491 e.